The molecule has 2 rings (SSSR count). The highest BCUT2D eigenvalue weighted by molar-refractivity contribution is 6.05. The van der Waals surface area contributed by atoms with E-state index in [1.807, 2.05) is 18.2 Å². The van der Waals surface area contributed by atoms with Gasteiger partial charge in [-0.3, -0.25) is 9.69 Å². The van der Waals surface area contributed by atoms with Gasteiger partial charge in [0.25, 0.3) is 5.91 Å². The number of para-hydroxylation sites is 1. The molecule has 1 aromatic rings. The van der Waals surface area contributed by atoms with Gasteiger partial charge in [0.1, 0.15) is 12.1 Å². The number of aryl methyl sites for hydroxylation is 2. The lowest BCUT2D eigenvalue weighted by Crippen LogP contribution is -2.50. The number of benzene rings is 1. The van der Waals surface area contributed by atoms with E-state index in [9.17, 15) is 9.59 Å². The zero-order chi connectivity index (χ0) is 17.7. The van der Waals surface area contributed by atoms with Crippen molar-refractivity contribution in [1.82, 2.24) is 0 Å². The number of hydrogen-bond donors (Lipinski definition) is 0. The smallest absolute Gasteiger partial charge is 0.332 e. The molecule has 0 saturated heterocycles. The van der Waals surface area contributed by atoms with Crippen LogP contribution in [-0.4, -0.2) is 37.7 Å². The molecule has 1 aliphatic carbocycles. The highest BCUT2D eigenvalue weighted by atomic mass is 16.5. The summed E-state index contributed by atoms with van der Waals surface area (Å²) in [4.78, 5) is 27.1. The highest BCUT2D eigenvalue weighted by Gasteiger charge is 2.59. The van der Waals surface area contributed by atoms with Crippen molar-refractivity contribution in [3.8, 4) is 0 Å². The number of nitrogens with zero attached hydrogens (tertiary/aromatic N) is 1. The van der Waals surface area contributed by atoms with Crippen LogP contribution in [0.15, 0.2) is 18.2 Å². The van der Waals surface area contributed by atoms with E-state index < -0.39 is 5.54 Å². The first kappa shape index (κ1) is 18.5. The largest absolute Gasteiger partial charge is 0.464 e. The third-order valence-corrected chi connectivity index (χ3v) is 4.51. The lowest BCUT2D eigenvalue weighted by molar-refractivity contribution is -0.147. The van der Waals surface area contributed by atoms with Crippen LogP contribution in [0.25, 0.3) is 0 Å². The van der Waals surface area contributed by atoms with Crippen LogP contribution < -0.4 is 4.90 Å². The number of methoxy groups -OCH3 is 1. The molecular weight excluding hydrogens is 306 g/mol. The Morgan fingerprint density at radius 3 is 2.12 bits per heavy atom. The fraction of sp³-hybridized carbons (Fsp3) is 0.579. The van der Waals surface area contributed by atoms with Gasteiger partial charge in [-0.25, -0.2) is 4.79 Å². The lowest BCUT2D eigenvalue weighted by Gasteiger charge is -2.33. The summed E-state index contributed by atoms with van der Waals surface area (Å²) in [7, 11) is 1.49. The molecule has 5 nitrogen and oxygen atoms in total. The fourth-order valence-electron chi connectivity index (χ4n) is 3.17. The molecule has 0 spiro atoms. The van der Waals surface area contributed by atoms with Crippen molar-refractivity contribution < 1.29 is 19.1 Å². The Labute approximate surface area is 143 Å². The molecular formula is C19H27NO4. The number of amides is 1. The normalized spacial score (nSPS) is 15.0. The topological polar surface area (TPSA) is 55.8 Å². The molecule has 5 heteroatoms. The molecule has 0 unspecified atom stereocenters. The Bertz CT molecular complexity index is 585. The van der Waals surface area contributed by atoms with Gasteiger partial charge in [0.05, 0.1) is 12.3 Å². The molecule has 1 fully saturated rings. The Morgan fingerprint density at radius 1 is 1.12 bits per heavy atom. The predicted octanol–water partition coefficient (Wildman–Crippen LogP) is 2.89. The van der Waals surface area contributed by atoms with Crippen LogP contribution in [0.1, 0.15) is 44.7 Å². The summed E-state index contributed by atoms with van der Waals surface area (Å²) in [5.74, 6) is -0.513. The van der Waals surface area contributed by atoms with Gasteiger partial charge < -0.3 is 9.47 Å². The maximum atomic E-state index is 12.9. The second kappa shape index (κ2) is 7.79. The number of esters is 1. The molecule has 0 atom stereocenters. The van der Waals surface area contributed by atoms with Gasteiger partial charge in [-0.1, -0.05) is 32.0 Å². The van der Waals surface area contributed by atoms with E-state index in [0.717, 1.165) is 29.7 Å². The van der Waals surface area contributed by atoms with Gasteiger partial charge in [-0.05, 0) is 43.7 Å². The maximum absolute atomic E-state index is 12.9. The summed E-state index contributed by atoms with van der Waals surface area (Å²) >= 11 is 0. The van der Waals surface area contributed by atoms with E-state index >= 15 is 0 Å². The fourth-order valence-corrected chi connectivity index (χ4v) is 3.17. The van der Waals surface area contributed by atoms with Gasteiger partial charge in [0, 0.05) is 7.11 Å². The predicted molar refractivity (Wildman–Crippen MR) is 93.2 cm³/mol. The Morgan fingerprint density at radius 2 is 1.71 bits per heavy atom. The first-order chi connectivity index (χ1) is 11.6. The van der Waals surface area contributed by atoms with Gasteiger partial charge in [-0.15, -0.1) is 0 Å². The van der Waals surface area contributed by atoms with Crippen LogP contribution in [0.3, 0.4) is 0 Å². The van der Waals surface area contributed by atoms with Crippen molar-refractivity contribution in [3.05, 3.63) is 29.3 Å². The molecule has 0 bridgehead atoms. The minimum absolute atomic E-state index is 0.0532. The molecule has 0 N–H and O–H groups in total. The second-order valence-electron chi connectivity index (χ2n) is 6.05. The molecule has 0 radical (unpaired) electrons. The van der Waals surface area contributed by atoms with Gasteiger partial charge in [0.2, 0.25) is 0 Å². The van der Waals surface area contributed by atoms with E-state index in [2.05, 4.69) is 13.8 Å². The first-order valence-electron chi connectivity index (χ1n) is 8.65. The maximum Gasteiger partial charge on any atom is 0.332 e. The number of carbonyl (C=O) groups excluding carboxylic acids is 2. The van der Waals surface area contributed by atoms with Gasteiger partial charge in [0.15, 0.2) is 0 Å². The molecule has 132 valence electrons. The summed E-state index contributed by atoms with van der Waals surface area (Å²) in [6, 6.07) is 6.04. The van der Waals surface area contributed by atoms with E-state index in [-0.39, 0.29) is 18.5 Å². The number of hydrogen-bond acceptors (Lipinski definition) is 4. The Kier molecular flexibility index (Phi) is 5.99. The van der Waals surface area contributed by atoms with Crippen molar-refractivity contribution in [2.75, 3.05) is 25.2 Å². The molecule has 1 amide bonds. The zero-order valence-corrected chi connectivity index (χ0v) is 15.1. The minimum Gasteiger partial charge on any atom is -0.464 e. The standard InChI is InChI=1S/C19H27NO4/c1-5-14-9-8-10-15(6-2)17(14)20(16(21)13-23-4)19(11-12-19)18(22)24-7-3/h8-10H,5-7,11-13H2,1-4H3. The summed E-state index contributed by atoms with van der Waals surface area (Å²) < 4.78 is 10.3. The molecule has 0 aromatic heterocycles. The van der Waals surface area contributed by atoms with Gasteiger partial charge in [-0.2, -0.15) is 0 Å². The third-order valence-electron chi connectivity index (χ3n) is 4.51. The van der Waals surface area contributed by atoms with E-state index in [4.69, 9.17) is 9.47 Å². The summed E-state index contributed by atoms with van der Waals surface area (Å²) in [5.41, 5.74) is 2.11. The average Bonchev–Trinajstić information content (AvgIpc) is 3.37. The highest BCUT2D eigenvalue weighted by Crippen LogP contribution is 2.47. The van der Waals surface area contributed by atoms with Crippen LogP contribution in [0.2, 0.25) is 0 Å². The number of carbonyl (C=O) groups is 2. The van der Waals surface area contributed by atoms with Crippen molar-refractivity contribution in [3.63, 3.8) is 0 Å². The summed E-state index contributed by atoms with van der Waals surface area (Å²) in [6.07, 6.45) is 2.84. The molecule has 0 heterocycles. The van der Waals surface area contributed by atoms with Gasteiger partial charge >= 0.3 is 5.97 Å². The van der Waals surface area contributed by atoms with E-state index in [0.29, 0.717) is 19.4 Å². The number of rotatable bonds is 8. The molecule has 1 saturated carbocycles. The lowest BCUT2D eigenvalue weighted by atomic mass is 9.99. The zero-order valence-electron chi connectivity index (χ0n) is 15.1. The van der Waals surface area contributed by atoms with Crippen molar-refractivity contribution in [1.29, 1.82) is 0 Å². The van der Waals surface area contributed by atoms with Crippen LogP contribution in [0.4, 0.5) is 5.69 Å². The van der Waals surface area contributed by atoms with Crippen molar-refractivity contribution in [2.45, 2.75) is 52.0 Å². The molecule has 24 heavy (non-hydrogen) atoms. The van der Waals surface area contributed by atoms with Crippen molar-refractivity contribution in [2.24, 2.45) is 0 Å². The SMILES string of the molecule is CCOC(=O)C1(N(C(=O)COC)c2c(CC)cccc2CC)CC1. The Hall–Kier alpha value is -1.88. The Balaban J connectivity index is 2.57. The van der Waals surface area contributed by atoms with Crippen LogP contribution >= 0.6 is 0 Å². The molecule has 1 aromatic carbocycles. The summed E-state index contributed by atoms with van der Waals surface area (Å²) in [5, 5.41) is 0. The van der Waals surface area contributed by atoms with Crippen LogP contribution in [0.5, 0.6) is 0 Å². The van der Waals surface area contributed by atoms with E-state index in [1.54, 1.807) is 11.8 Å². The molecule has 1 aliphatic rings. The van der Waals surface area contributed by atoms with Crippen LogP contribution in [-0.2, 0) is 31.9 Å². The number of anilines is 1. The quantitative estimate of drug-likeness (QED) is 0.687. The number of ether oxygens (including phenoxy) is 2. The summed E-state index contributed by atoms with van der Waals surface area (Å²) in [6.45, 7) is 6.15. The van der Waals surface area contributed by atoms with Crippen LogP contribution in [0, 0.1) is 0 Å². The average molecular weight is 333 g/mol. The minimum atomic E-state index is -0.874. The first-order valence-corrected chi connectivity index (χ1v) is 8.65. The second-order valence-corrected chi connectivity index (χ2v) is 6.05. The monoisotopic (exact) mass is 333 g/mol. The third kappa shape index (κ3) is 3.31. The van der Waals surface area contributed by atoms with E-state index in [1.165, 1.54) is 7.11 Å². The van der Waals surface area contributed by atoms with Crippen molar-refractivity contribution >= 4 is 17.6 Å². The molecule has 0 aliphatic heterocycles.